The maximum absolute atomic E-state index is 5.60. The Morgan fingerprint density at radius 2 is 2.08 bits per heavy atom. The summed E-state index contributed by atoms with van der Waals surface area (Å²) in [6.45, 7) is 10.8. The average molecular weight is 184 g/mol. The van der Waals surface area contributed by atoms with Gasteiger partial charge in [0, 0.05) is 30.7 Å². The first kappa shape index (κ1) is 9.44. The van der Waals surface area contributed by atoms with Crippen LogP contribution < -0.4 is 5.32 Å². The average Bonchev–Trinajstić information content (AvgIpc) is 2.35. The summed E-state index contributed by atoms with van der Waals surface area (Å²) in [7, 11) is 0. The van der Waals surface area contributed by atoms with Crippen molar-refractivity contribution in [2.24, 2.45) is 0 Å². The number of nitrogens with zero attached hydrogens (tertiary/aromatic N) is 1. The fourth-order valence-electron chi connectivity index (χ4n) is 2.29. The Bertz CT molecular complexity index is 184. The quantitative estimate of drug-likeness (QED) is 0.592. The molecule has 2 bridgehead atoms. The molecule has 3 aliphatic rings. The minimum Gasteiger partial charge on any atom is -0.378 e. The monoisotopic (exact) mass is 184 g/mol. The van der Waals surface area contributed by atoms with Gasteiger partial charge in [0.25, 0.3) is 0 Å². The van der Waals surface area contributed by atoms with E-state index in [1.807, 2.05) is 0 Å². The van der Waals surface area contributed by atoms with Gasteiger partial charge >= 0.3 is 0 Å². The molecule has 3 fully saturated rings. The van der Waals surface area contributed by atoms with E-state index < -0.39 is 0 Å². The molecule has 0 aliphatic carbocycles. The molecule has 0 amide bonds. The van der Waals surface area contributed by atoms with Crippen molar-refractivity contribution in [3.05, 3.63) is 0 Å². The smallest absolute Gasteiger partial charge is 0.0635 e. The molecule has 0 aromatic heterocycles. The van der Waals surface area contributed by atoms with Crippen LogP contribution in [0.5, 0.6) is 0 Å². The predicted molar refractivity (Wildman–Crippen MR) is 52.9 cm³/mol. The summed E-state index contributed by atoms with van der Waals surface area (Å²) in [5, 5.41) is 3.52. The molecular formula is C10H20N2O. The van der Waals surface area contributed by atoms with Gasteiger partial charge in [-0.25, -0.2) is 0 Å². The normalized spacial score (nSPS) is 36.2. The summed E-state index contributed by atoms with van der Waals surface area (Å²) in [6, 6.07) is 1.11. The molecule has 0 spiro atoms. The minimum atomic E-state index is 0.277. The molecule has 3 saturated heterocycles. The lowest BCUT2D eigenvalue weighted by molar-refractivity contribution is 0.0438. The Morgan fingerprint density at radius 3 is 2.77 bits per heavy atom. The lowest BCUT2D eigenvalue weighted by Crippen LogP contribution is -2.61. The molecule has 0 saturated carbocycles. The topological polar surface area (TPSA) is 24.5 Å². The molecule has 0 aromatic rings. The Labute approximate surface area is 80.4 Å². The highest BCUT2D eigenvalue weighted by Gasteiger charge is 2.37. The number of ether oxygens (including phenoxy) is 1. The lowest BCUT2D eigenvalue weighted by atomic mass is 10.00. The van der Waals surface area contributed by atoms with Gasteiger partial charge in [0.1, 0.15) is 0 Å². The van der Waals surface area contributed by atoms with Gasteiger partial charge in [-0.3, -0.25) is 4.90 Å². The zero-order chi connectivity index (χ0) is 9.47. The Hall–Kier alpha value is -0.120. The van der Waals surface area contributed by atoms with Crippen LogP contribution in [0, 0.1) is 0 Å². The zero-order valence-corrected chi connectivity index (χ0v) is 8.84. The summed E-state index contributed by atoms with van der Waals surface area (Å²) in [5.74, 6) is 0. The number of hydrogen-bond acceptors (Lipinski definition) is 3. The van der Waals surface area contributed by atoms with E-state index in [2.05, 4.69) is 31.0 Å². The Morgan fingerprint density at radius 1 is 1.31 bits per heavy atom. The zero-order valence-electron chi connectivity index (χ0n) is 8.84. The lowest BCUT2D eigenvalue weighted by Gasteiger charge is -2.44. The van der Waals surface area contributed by atoms with Gasteiger partial charge < -0.3 is 10.1 Å². The van der Waals surface area contributed by atoms with Crippen LogP contribution in [0.1, 0.15) is 20.8 Å². The highest BCUT2D eigenvalue weighted by atomic mass is 16.5. The fraction of sp³-hybridized carbons (Fsp3) is 1.00. The SMILES string of the molecule is CC(C)(C)N1CC2COCC1CN2. The van der Waals surface area contributed by atoms with Crippen LogP contribution in [0.3, 0.4) is 0 Å². The van der Waals surface area contributed by atoms with E-state index in [9.17, 15) is 0 Å². The van der Waals surface area contributed by atoms with Crippen molar-refractivity contribution in [3.8, 4) is 0 Å². The van der Waals surface area contributed by atoms with E-state index in [0.29, 0.717) is 12.1 Å². The molecule has 2 unspecified atom stereocenters. The van der Waals surface area contributed by atoms with Crippen LogP contribution in [0.2, 0.25) is 0 Å². The van der Waals surface area contributed by atoms with Crippen molar-refractivity contribution in [1.29, 1.82) is 0 Å². The van der Waals surface area contributed by atoms with Gasteiger partial charge in [0.2, 0.25) is 0 Å². The van der Waals surface area contributed by atoms with Crippen LogP contribution in [-0.2, 0) is 4.74 Å². The molecule has 3 aliphatic heterocycles. The Kier molecular flexibility index (Phi) is 2.34. The second-order valence-corrected chi connectivity index (χ2v) is 5.12. The second kappa shape index (κ2) is 3.23. The van der Waals surface area contributed by atoms with E-state index in [4.69, 9.17) is 4.74 Å². The summed E-state index contributed by atoms with van der Waals surface area (Å²) >= 11 is 0. The maximum atomic E-state index is 5.60. The molecule has 2 atom stereocenters. The van der Waals surface area contributed by atoms with Crippen molar-refractivity contribution in [3.63, 3.8) is 0 Å². The summed E-state index contributed by atoms with van der Waals surface area (Å²) < 4.78 is 5.60. The molecule has 13 heavy (non-hydrogen) atoms. The highest BCUT2D eigenvalue weighted by Crippen LogP contribution is 2.22. The number of nitrogens with one attached hydrogen (secondary N) is 1. The van der Waals surface area contributed by atoms with Crippen LogP contribution in [0.15, 0.2) is 0 Å². The first-order valence-electron chi connectivity index (χ1n) is 5.15. The van der Waals surface area contributed by atoms with Crippen molar-refractivity contribution >= 4 is 0 Å². The molecule has 3 nitrogen and oxygen atoms in total. The van der Waals surface area contributed by atoms with Gasteiger partial charge in [-0.1, -0.05) is 0 Å². The number of piperazine rings is 1. The molecule has 0 aromatic carbocycles. The summed E-state index contributed by atoms with van der Waals surface area (Å²) in [5.41, 5.74) is 0.277. The van der Waals surface area contributed by atoms with Crippen LogP contribution >= 0.6 is 0 Å². The molecule has 1 N–H and O–H groups in total. The molecule has 0 radical (unpaired) electrons. The van der Waals surface area contributed by atoms with E-state index in [-0.39, 0.29) is 5.54 Å². The first-order chi connectivity index (χ1) is 6.07. The molecular weight excluding hydrogens is 164 g/mol. The Balaban J connectivity index is 2.12. The van der Waals surface area contributed by atoms with Crippen LogP contribution in [-0.4, -0.2) is 48.8 Å². The third-order valence-electron chi connectivity index (χ3n) is 2.99. The largest absolute Gasteiger partial charge is 0.378 e. The van der Waals surface area contributed by atoms with Crippen molar-refractivity contribution in [1.82, 2.24) is 10.2 Å². The van der Waals surface area contributed by atoms with Crippen LogP contribution in [0.25, 0.3) is 0 Å². The molecule has 3 rings (SSSR count). The van der Waals surface area contributed by atoms with Gasteiger partial charge in [-0.15, -0.1) is 0 Å². The van der Waals surface area contributed by atoms with Crippen molar-refractivity contribution in [2.45, 2.75) is 38.4 Å². The first-order valence-corrected chi connectivity index (χ1v) is 5.15. The van der Waals surface area contributed by atoms with Crippen molar-refractivity contribution in [2.75, 3.05) is 26.3 Å². The number of rotatable bonds is 0. The number of fused-ring (bicyclic) bond motifs is 4. The standard InChI is InChI=1S/C10H20N2O/c1-10(2,3)12-5-8-6-13-7-9(12)4-11-8/h8-9,11H,4-7H2,1-3H3. The molecule has 3 heterocycles. The van der Waals surface area contributed by atoms with E-state index in [1.165, 1.54) is 0 Å². The summed E-state index contributed by atoms with van der Waals surface area (Å²) in [6.07, 6.45) is 0. The molecule has 3 heteroatoms. The van der Waals surface area contributed by atoms with E-state index >= 15 is 0 Å². The fourth-order valence-corrected chi connectivity index (χ4v) is 2.29. The van der Waals surface area contributed by atoms with Gasteiger partial charge in [0.15, 0.2) is 0 Å². The number of hydrogen-bond donors (Lipinski definition) is 1. The molecule has 76 valence electrons. The van der Waals surface area contributed by atoms with Gasteiger partial charge in [-0.05, 0) is 20.8 Å². The van der Waals surface area contributed by atoms with Gasteiger partial charge in [-0.2, -0.15) is 0 Å². The van der Waals surface area contributed by atoms with E-state index in [0.717, 1.165) is 26.3 Å². The van der Waals surface area contributed by atoms with Gasteiger partial charge in [0.05, 0.1) is 13.2 Å². The maximum Gasteiger partial charge on any atom is 0.0635 e. The second-order valence-electron chi connectivity index (χ2n) is 5.12. The van der Waals surface area contributed by atoms with Crippen LogP contribution in [0.4, 0.5) is 0 Å². The predicted octanol–water partition coefficient (Wildman–Crippen LogP) is 0.457. The van der Waals surface area contributed by atoms with Crippen molar-refractivity contribution < 1.29 is 4.74 Å². The summed E-state index contributed by atoms with van der Waals surface area (Å²) in [4.78, 5) is 2.57. The highest BCUT2D eigenvalue weighted by molar-refractivity contribution is 4.94. The third kappa shape index (κ3) is 1.87. The van der Waals surface area contributed by atoms with E-state index in [1.54, 1.807) is 0 Å². The third-order valence-corrected chi connectivity index (χ3v) is 2.99. The minimum absolute atomic E-state index is 0.277.